The maximum absolute atomic E-state index is 11.0. The van der Waals surface area contributed by atoms with Gasteiger partial charge < -0.3 is 5.73 Å². The molecular formula is C14H18N4O. The third kappa shape index (κ3) is 3.20. The third-order valence-corrected chi connectivity index (χ3v) is 3.05. The first kappa shape index (κ1) is 13.3. The Balaban J connectivity index is 2.11. The summed E-state index contributed by atoms with van der Waals surface area (Å²) in [6.45, 7) is 3.73. The van der Waals surface area contributed by atoms with Crippen LogP contribution in [0.4, 0.5) is 0 Å². The number of amides is 1. The Labute approximate surface area is 112 Å². The second kappa shape index (κ2) is 5.67. The third-order valence-electron chi connectivity index (χ3n) is 3.05. The number of rotatable bonds is 5. The summed E-state index contributed by atoms with van der Waals surface area (Å²) in [6, 6.07) is 9.52. The Hall–Kier alpha value is -2.14. The molecule has 2 rings (SSSR count). The molecule has 0 saturated heterocycles. The van der Waals surface area contributed by atoms with Gasteiger partial charge in [-0.05, 0) is 26.0 Å². The number of aromatic nitrogens is 2. The largest absolute Gasteiger partial charge is 0.368 e. The molecule has 0 bridgehead atoms. The molecule has 3 N–H and O–H groups in total. The summed E-state index contributed by atoms with van der Waals surface area (Å²) < 4.78 is 1.81. The Bertz CT molecular complexity index is 550. The SMILES string of the molecule is CC(NC(C)c1cnn(-c2ccccc2)c1)C(N)=O. The molecule has 1 aromatic carbocycles. The molecule has 100 valence electrons. The molecule has 0 radical (unpaired) electrons. The second-order valence-corrected chi connectivity index (χ2v) is 4.57. The minimum Gasteiger partial charge on any atom is -0.368 e. The van der Waals surface area contributed by atoms with Crippen LogP contribution >= 0.6 is 0 Å². The molecule has 0 aliphatic carbocycles. The molecule has 0 spiro atoms. The van der Waals surface area contributed by atoms with Gasteiger partial charge in [-0.1, -0.05) is 18.2 Å². The van der Waals surface area contributed by atoms with E-state index in [4.69, 9.17) is 5.73 Å². The predicted molar refractivity (Wildman–Crippen MR) is 73.8 cm³/mol. The zero-order valence-electron chi connectivity index (χ0n) is 11.1. The van der Waals surface area contributed by atoms with Crippen molar-refractivity contribution >= 4 is 5.91 Å². The zero-order chi connectivity index (χ0) is 13.8. The molecule has 19 heavy (non-hydrogen) atoms. The normalized spacial score (nSPS) is 14.0. The minimum atomic E-state index is -0.366. The number of nitrogens with zero attached hydrogens (tertiary/aromatic N) is 2. The van der Waals surface area contributed by atoms with Gasteiger partial charge in [-0.3, -0.25) is 10.1 Å². The lowest BCUT2D eigenvalue weighted by Crippen LogP contribution is -2.39. The van der Waals surface area contributed by atoms with Crippen molar-refractivity contribution in [2.45, 2.75) is 25.9 Å². The van der Waals surface area contributed by atoms with Gasteiger partial charge in [-0.15, -0.1) is 0 Å². The van der Waals surface area contributed by atoms with Gasteiger partial charge in [-0.2, -0.15) is 5.10 Å². The first-order valence-electron chi connectivity index (χ1n) is 6.23. The van der Waals surface area contributed by atoms with Gasteiger partial charge in [-0.25, -0.2) is 4.68 Å². The number of hydrogen-bond donors (Lipinski definition) is 2. The first-order valence-corrected chi connectivity index (χ1v) is 6.23. The predicted octanol–water partition coefficient (Wildman–Crippen LogP) is 1.40. The summed E-state index contributed by atoms with van der Waals surface area (Å²) in [6.07, 6.45) is 3.74. The molecule has 1 heterocycles. The Kier molecular flexibility index (Phi) is 3.97. The van der Waals surface area contributed by atoms with Crippen LogP contribution in [0.2, 0.25) is 0 Å². The molecule has 1 aromatic heterocycles. The molecule has 0 fully saturated rings. The van der Waals surface area contributed by atoms with E-state index in [1.54, 1.807) is 13.1 Å². The van der Waals surface area contributed by atoms with Crippen LogP contribution in [-0.4, -0.2) is 21.7 Å². The van der Waals surface area contributed by atoms with Crippen molar-refractivity contribution in [1.82, 2.24) is 15.1 Å². The van der Waals surface area contributed by atoms with Gasteiger partial charge >= 0.3 is 0 Å². The van der Waals surface area contributed by atoms with Crippen molar-refractivity contribution < 1.29 is 4.79 Å². The molecule has 0 aliphatic heterocycles. The fourth-order valence-corrected chi connectivity index (χ4v) is 1.84. The van der Waals surface area contributed by atoms with Crippen LogP contribution in [-0.2, 0) is 4.79 Å². The van der Waals surface area contributed by atoms with E-state index in [-0.39, 0.29) is 18.0 Å². The summed E-state index contributed by atoms with van der Waals surface area (Å²) in [5, 5.41) is 7.45. The van der Waals surface area contributed by atoms with Crippen LogP contribution in [0, 0.1) is 0 Å². The summed E-state index contributed by atoms with van der Waals surface area (Å²) in [7, 11) is 0. The highest BCUT2D eigenvalue weighted by atomic mass is 16.1. The Morgan fingerprint density at radius 2 is 2.00 bits per heavy atom. The zero-order valence-corrected chi connectivity index (χ0v) is 11.1. The number of nitrogens with two attached hydrogens (primary N) is 1. The second-order valence-electron chi connectivity index (χ2n) is 4.57. The highest BCUT2D eigenvalue weighted by molar-refractivity contribution is 5.79. The Morgan fingerprint density at radius 1 is 1.32 bits per heavy atom. The lowest BCUT2D eigenvalue weighted by Gasteiger charge is -2.16. The number of carbonyl (C=O) groups excluding carboxylic acids is 1. The summed E-state index contributed by atoms with van der Waals surface area (Å²) in [4.78, 5) is 11.0. The van der Waals surface area contributed by atoms with Crippen molar-refractivity contribution in [3.8, 4) is 5.69 Å². The summed E-state index contributed by atoms with van der Waals surface area (Å²) >= 11 is 0. The molecule has 2 unspecified atom stereocenters. The van der Waals surface area contributed by atoms with E-state index in [1.165, 1.54) is 0 Å². The number of primary amides is 1. The fraction of sp³-hybridized carbons (Fsp3) is 0.286. The fourth-order valence-electron chi connectivity index (χ4n) is 1.84. The lowest BCUT2D eigenvalue weighted by atomic mass is 10.1. The van der Waals surface area contributed by atoms with Crippen molar-refractivity contribution in [3.05, 3.63) is 48.3 Å². The lowest BCUT2D eigenvalue weighted by molar-refractivity contribution is -0.119. The molecule has 5 heteroatoms. The average molecular weight is 258 g/mol. The van der Waals surface area contributed by atoms with E-state index in [2.05, 4.69) is 10.4 Å². The number of para-hydroxylation sites is 1. The van der Waals surface area contributed by atoms with Crippen LogP contribution in [0.25, 0.3) is 5.69 Å². The molecule has 2 aromatic rings. The van der Waals surface area contributed by atoms with Crippen molar-refractivity contribution in [2.24, 2.45) is 5.73 Å². The van der Waals surface area contributed by atoms with E-state index < -0.39 is 0 Å². The molecule has 5 nitrogen and oxygen atoms in total. The van der Waals surface area contributed by atoms with Gasteiger partial charge in [0, 0.05) is 17.8 Å². The van der Waals surface area contributed by atoms with Gasteiger partial charge in [0.1, 0.15) is 0 Å². The van der Waals surface area contributed by atoms with Crippen molar-refractivity contribution in [1.29, 1.82) is 0 Å². The average Bonchev–Trinajstić information content (AvgIpc) is 2.89. The smallest absolute Gasteiger partial charge is 0.234 e. The minimum absolute atomic E-state index is 0.0139. The molecule has 2 atom stereocenters. The molecular weight excluding hydrogens is 240 g/mol. The van der Waals surface area contributed by atoms with Crippen LogP contribution in [0.3, 0.4) is 0 Å². The van der Waals surface area contributed by atoms with Gasteiger partial charge in [0.15, 0.2) is 0 Å². The van der Waals surface area contributed by atoms with Crippen LogP contribution < -0.4 is 11.1 Å². The maximum Gasteiger partial charge on any atom is 0.234 e. The maximum atomic E-state index is 11.0. The highest BCUT2D eigenvalue weighted by Gasteiger charge is 2.14. The van der Waals surface area contributed by atoms with E-state index in [0.29, 0.717) is 0 Å². The van der Waals surface area contributed by atoms with E-state index in [0.717, 1.165) is 11.3 Å². The Morgan fingerprint density at radius 3 is 2.63 bits per heavy atom. The van der Waals surface area contributed by atoms with E-state index in [1.807, 2.05) is 48.1 Å². The van der Waals surface area contributed by atoms with Crippen molar-refractivity contribution in [3.63, 3.8) is 0 Å². The number of benzene rings is 1. The van der Waals surface area contributed by atoms with Crippen molar-refractivity contribution in [2.75, 3.05) is 0 Å². The van der Waals surface area contributed by atoms with E-state index in [9.17, 15) is 4.79 Å². The quantitative estimate of drug-likeness (QED) is 0.851. The number of hydrogen-bond acceptors (Lipinski definition) is 3. The summed E-state index contributed by atoms with van der Waals surface area (Å²) in [5.74, 6) is -0.359. The van der Waals surface area contributed by atoms with E-state index >= 15 is 0 Å². The number of nitrogens with one attached hydrogen (secondary N) is 1. The molecule has 0 saturated carbocycles. The highest BCUT2D eigenvalue weighted by Crippen LogP contribution is 2.14. The standard InChI is InChI=1S/C14H18N4O/c1-10(17-11(2)14(15)19)12-8-16-18(9-12)13-6-4-3-5-7-13/h3-11,17H,1-2H3,(H2,15,19). The first-order chi connectivity index (χ1) is 9.08. The van der Waals surface area contributed by atoms with Crippen LogP contribution in [0.1, 0.15) is 25.5 Å². The van der Waals surface area contributed by atoms with Gasteiger partial charge in [0.2, 0.25) is 5.91 Å². The monoisotopic (exact) mass is 258 g/mol. The van der Waals surface area contributed by atoms with Crippen LogP contribution in [0.5, 0.6) is 0 Å². The topological polar surface area (TPSA) is 72.9 Å². The van der Waals surface area contributed by atoms with Gasteiger partial charge in [0.05, 0.1) is 17.9 Å². The molecule has 1 amide bonds. The number of carbonyl (C=O) groups is 1. The van der Waals surface area contributed by atoms with Gasteiger partial charge in [0.25, 0.3) is 0 Å². The van der Waals surface area contributed by atoms with Crippen LogP contribution in [0.15, 0.2) is 42.7 Å². The molecule has 0 aliphatic rings. The summed E-state index contributed by atoms with van der Waals surface area (Å²) in [5.41, 5.74) is 7.25.